The molecule has 0 saturated heterocycles. The van der Waals surface area contributed by atoms with Crippen LogP contribution in [0.15, 0.2) is 24.3 Å². The van der Waals surface area contributed by atoms with Crippen LogP contribution in [0.5, 0.6) is 0 Å². The molecule has 16 heavy (non-hydrogen) atoms. The lowest BCUT2D eigenvalue weighted by Crippen LogP contribution is -1.84. The van der Waals surface area contributed by atoms with Crippen LogP contribution in [-0.4, -0.2) is 4.98 Å². The molecule has 0 aliphatic heterocycles. The number of rotatable bonds is 3. The Hall–Kier alpha value is -1.35. The summed E-state index contributed by atoms with van der Waals surface area (Å²) in [7, 11) is 0. The molecule has 2 aromatic rings. The molecule has 2 nitrogen and oxygen atoms in total. The largest absolute Gasteiger partial charge is 0.399 e. The Balaban J connectivity index is 2.40. The van der Waals surface area contributed by atoms with Crippen LogP contribution in [0.3, 0.4) is 0 Å². The molecule has 0 aliphatic carbocycles. The number of hydrogen-bond donors (Lipinski definition) is 1. The molecule has 0 radical (unpaired) electrons. The van der Waals surface area contributed by atoms with Gasteiger partial charge < -0.3 is 5.73 Å². The Morgan fingerprint density at radius 3 is 2.88 bits per heavy atom. The highest BCUT2D eigenvalue weighted by molar-refractivity contribution is 7.15. The molecule has 0 saturated carbocycles. The maximum absolute atomic E-state index is 5.80. The van der Waals surface area contributed by atoms with E-state index in [0.29, 0.717) is 0 Å². The summed E-state index contributed by atoms with van der Waals surface area (Å²) in [4.78, 5) is 5.83. The summed E-state index contributed by atoms with van der Waals surface area (Å²) in [5.74, 6) is 0. The third-order valence-electron chi connectivity index (χ3n) is 2.45. The smallest absolute Gasteiger partial charge is 0.0934 e. The number of anilines is 1. The molecule has 0 unspecified atom stereocenters. The van der Waals surface area contributed by atoms with Gasteiger partial charge in [-0.25, -0.2) is 4.98 Å². The van der Waals surface area contributed by atoms with Crippen molar-refractivity contribution in [3.63, 3.8) is 0 Å². The molecule has 2 N–H and O–H groups in total. The average Bonchev–Trinajstić information content (AvgIpc) is 2.60. The van der Waals surface area contributed by atoms with Gasteiger partial charge in [0, 0.05) is 5.69 Å². The van der Waals surface area contributed by atoms with Gasteiger partial charge in [-0.05, 0) is 37.5 Å². The summed E-state index contributed by atoms with van der Waals surface area (Å²) in [6, 6.07) is 8.00. The maximum atomic E-state index is 5.80. The summed E-state index contributed by atoms with van der Waals surface area (Å²) in [6.45, 7) is 4.24. The van der Waals surface area contributed by atoms with Crippen molar-refractivity contribution < 1.29 is 0 Å². The summed E-state index contributed by atoms with van der Waals surface area (Å²) in [6.07, 6.45) is 2.21. The molecule has 0 bridgehead atoms. The monoisotopic (exact) mass is 232 g/mol. The Morgan fingerprint density at radius 1 is 1.38 bits per heavy atom. The molecule has 3 heteroatoms. The first-order chi connectivity index (χ1) is 7.70. The van der Waals surface area contributed by atoms with Crippen molar-refractivity contribution in [2.45, 2.75) is 26.7 Å². The zero-order valence-electron chi connectivity index (χ0n) is 9.66. The standard InChI is InChI=1S/C13H16N2S/c1-3-5-12-15-9(2)13(16-12)10-6-4-7-11(14)8-10/h4,6-8H,3,5,14H2,1-2H3. The van der Waals surface area contributed by atoms with E-state index < -0.39 is 0 Å². The maximum Gasteiger partial charge on any atom is 0.0934 e. The molecule has 84 valence electrons. The van der Waals surface area contributed by atoms with Crippen molar-refractivity contribution in [1.82, 2.24) is 4.98 Å². The van der Waals surface area contributed by atoms with Crippen molar-refractivity contribution in [2.75, 3.05) is 5.73 Å². The second-order valence-electron chi connectivity index (χ2n) is 3.90. The summed E-state index contributed by atoms with van der Waals surface area (Å²) < 4.78 is 0. The van der Waals surface area contributed by atoms with Crippen LogP contribution in [0.2, 0.25) is 0 Å². The van der Waals surface area contributed by atoms with Crippen molar-refractivity contribution in [1.29, 1.82) is 0 Å². The molecular weight excluding hydrogens is 216 g/mol. The van der Waals surface area contributed by atoms with Crippen LogP contribution >= 0.6 is 11.3 Å². The van der Waals surface area contributed by atoms with Crippen molar-refractivity contribution in [3.05, 3.63) is 35.0 Å². The number of nitrogens with two attached hydrogens (primary N) is 1. The zero-order chi connectivity index (χ0) is 11.5. The van der Waals surface area contributed by atoms with Crippen LogP contribution in [-0.2, 0) is 6.42 Å². The summed E-state index contributed by atoms with van der Waals surface area (Å²) in [5, 5.41) is 1.22. The van der Waals surface area contributed by atoms with Crippen molar-refractivity contribution in [2.24, 2.45) is 0 Å². The minimum absolute atomic E-state index is 0.808. The van der Waals surface area contributed by atoms with Crippen LogP contribution in [0.25, 0.3) is 10.4 Å². The molecule has 0 amide bonds. The minimum atomic E-state index is 0.808. The number of aryl methyl sites for hydroxylation is 2. The molecular formula is C13H16N2S. The SMILES string of the molecule is CCCc1nc(C)c(-c2cccc(N)c2)s1. The van der Waals surface area contributed by atoms with E-state index in [4.69, 9.17) is 5.73 Å². The van der Waals surface area contributed by atoms with E-state index in [2.05, 4.69) is 24.9 Å². The average molecular weight is 232 g/mol. The van der Waals surface area contributed by atoms with Gasteiger partial charge in [0.05, 0.1) is 15.6 Å². The molecule has 0 atom stereocenters. The number of thiazole rings is 1. The van der Waals surface area contributed by atoms with E-state index in [1.807, 2.05) is 18.2 Å². The second-order valence-corrected chi connectivity index (χ2v) is 4.98. The van der Waals surface area contributed by atoms with Crippen LogP contribution in [0.1, 0.15) is 24.0 Å². The molecule has 0 fully saturated rings. The minimum Gasteiger partial charge on any atom is -0.399 e. The third-order valence-corrected chi connectivity index (χ3v) is 3.72. The lowest BCUT2D eigenvalue weighted by atomic mass is 10.1. The van der Waals surface area contributed by atoms with Crippen LogP contribution in [0, 0.1) is 6.92 Å². The van der Waals surface area contributed by atoms with E-state index in [0.717, 1.165) is 24.2 Å². The number of aromatic nitrogens is 1. The number of hydrogen-bond acceptors (Lipinski definition) is 3. The predicted octanol–water partition coefficient (Wildman–Crippen LogP) is 3.65. The lowest BCUT2D eigenvalue weighted by molar-refractivity contribution is 0.903. The highest BCUT2D eigenvalue weighted by Crippen LogP contribution is 2.31. The van der Waals surface area contributed by atoms with Crippen molar-refractivity contribution >= 4 is 17.0 Å². The molecule has 1 aromatic carbocycles. The van der Waals surface area contributed by atoms with Crippen molar-refractivity contribution in [3.8, 4) is 10.4 Å². The highest BCUT2D eigenvalue weighted by Gasteiger charge is 2.09. The molecule has 2 rings (SSSR count). The first kappa shape index (κ1) is 11.1. The van der Waals surface area contributed by atoms with E-state index in [9.17, 15) is 0 Å². The number of benzene rings is 1. The fourth-order valence-electron chi connectivity index (χ4n) is 1.72. The molecule has 0 spiro atoms. The lowest BCUT2D eigenvalue weighted by Gasteiger charge is -1.99. The van der Waals surface area contributed by atoms with Gasteiger partial charge in [-0.1, -0.05) is 19.1 Å². The van der Waals surface area contributed by atoms with Gasteiger partial charge in [-0.3, -0.25) is 0 Å². The molecule has 1 heterocycles. The van der Waals surface area contributed by atoms with Crippen LogP contribution < -0.4 is 5.73 Å². The number of nitrogen functional groups attached to an aromatic ring is 1. The highest BCUT2D eigenvalue weighted by atomic mass is 32.1. The van der Waals surface area contributed by atoms with Gasteiger partial charge in [0.1, 0.15) is 0 Å². The Labute approximate surface area is 100 Å². The van der Waals surface area contributed by atoms with Gasteiger partial charge in [-0.2, -0.15) is 0 Å². The first-order valence-electron chi connectivity index (χ1n) is 5.53. The predicted molar refractivity (Wildman–Crippen MR) is 70.7 cm³/mol. The van der Waals surface area contributed by atoms with Gasteiger partial charge in [0.15, 0.2) is 0 Å². The Morgan fingerprint density at radius 2 is 2.19 bits per heavy atom. The van der Waals surface area contributed by atoms with E-state index >= 15 is 0 Å². The van der Waals surface area contributed by atoms with Gasteiger partial charge in [0.2, 0.25) is 0 Å². The number of nitrogens with zero attached hydrogens (tertiary/aromatic N) is 1. The fourth-order valence-corrected chi connectivity index (χ4v) is 2.88. The summed E-state index contributed by atoms with van der Waals surface area (Å²) in [5.41, 5.74) is 8.89. The van der Waals surface area contributed by atoms with E-state index in [-0.39, 0.29) is 0 Å². The Kier molecular flexibility index (Phi) is 3.25. The first-order valence-corrected chi connectivity index (χ1v) is 6.34. The zero-order valence-corrected chi connectivity index (χ0v) is 10.5. The van der Waals surface area contributed by atoms with E-state index in [1.54, 1.807) is 11.3 Å². The van der Waals surface area contributed by atoms with Gasteiger partial charge in [0.25, 0.3) is 0 Å². The van der Waals surface area contributed by atoms with Gasteiger partial charge in [-0.15, -0.1) is 11.3 Å². The molecule has 0 aliphatic rings. The Bertz CT molecular complexity index is 488. The van der Waals surface area contributed by atoms with Crippen LogP contribution in [0.4, 0.5) is 5.69 Å². The third kappa shape index (κ3) is 2.25. The van der Waals surface area contributed by atoms with Gasteiger partial charge >= 0.3 is 0 Å². The van der Waals surface area contributed by atoms with E-state index in [1.165, 1.54) is 15.4 Å². The fraction of sp³-hybridized carbons (Fsp3) is 0.308. The summed E-state index contributed by atoms with van der Waals surface area (Å²) >= 11 is 1.78. The normalized spacial score (nSPS) is 10.6. The second kappa shape index (κ2) is 4.66. The molecule has 1 aromatic heterocycles. The quantitative estimate of drug-likeness (QED) is 0.820. The topological polar surface area (TPSA) is 38.9 Å².